The summed E-state index contributed by atoms with van der Waals surface area (Å²) in [6.07, 6.45) is 7.31. The van der Waals surface area contributed by atoms with E-state index in [1.165, 1.54) is 25.7 Å². The Balaban J connectivity index is 3.61. The van der Waals surface area contributed by atoms with Crippen molar-refractivity contribution in [3.63, 3.8) is 0 Å². The minimum Gasteiger partial charge on any atom is -0.308 e. The number of unbranched alkanes of at least 4 members (excludes halogenated alkanes) is 3. The van der Waals surface area contributed by atoms with Crippen molar-refractivity contribution in [1.29, 1.82) is 0 Å². The fraction of sp³-hybridized carbons (Fsp3) is 0.929. The van der Waals surface area contributed by atoms with E-state index >= 15 is 0 Å². The van der Waals surface area contributed by atoms with Crippen molar-refractivity contribution in [2.75, 3.05) is 7.05 Å². The summed E-state index contributed by atoms with van der Waals surface area (Å²) in [5, 5.41) is 3.14. The Labute approximate surface area is 101 Å². The van der Waals surface area contributed by atoms with E-state index in [1.807, 2.05) is 14.0 Å². The molecule has 0 saturated carbocycles. The summed E-state index contributed by atoms with van der Waals surface area (Å²) in [4.78, 5) is 11.4. The summed E-state index contributed by atoms with van der Waals surface area (Å²) in [7, 11) is 1.88. The van der Waals surface area contributed by atoms with Crippen LogP contribution in [0.1, 0.15) is 66.2 Å². The van der Waals surface area contributed by atoms with E-state index in [2.05, 4.69) is 19.2 Å². The van der Waals surface area contributed by atoms with E-state index in [9.17, 15) is 4.79 Å². The van der Waals surface area contributed by atoms with E-state index in [4.69, 9.17) is 0 Å². The number of ketones is 1. The fourth-order valence-corrected chi connectivity index (χ4v) is 1.86. The maximum Gasteiger partial charge on any atom is 0.149 e. The second kappa shape index (κ2) is 7.83. The SMILES string of the molecule is CNC(C)(CCCCCCC(C)C)C(C)=O. The van der Waals surface area contributed by atoms with E-state index in [1.54, 1.807) is 6.92 Å². The standard InChI is InChI=1S/C14H29NO/c1-12(2)10-8-6-7-9-11-14(4,15-5)13(3)16/h12,15H,6-11H2,1-5H3. The van der Waals surface area contributed by atoms with Gasteiger partial charge in [0.1, 0.15) is 5.78 Å². The number of hydrogen-bond donors (Lipinski definition) is 1. The highest BCUT2D eigenvalue weighted by molar-refractivity contribution is 5.85. The number of carbonyl (C=O) groups is 1. The van der Waals surface area contributed by atoms with Crippen molar-refractivity contribution in [2.45, 2.75) is 71.8 Å². The fourth-order valence-electron chi connectivity index (χ4n) is 1.86. The molecule has 0 radical (unpaired) electrons. The van der Waals surface area contributed by atoms with Gasteiger partial charge in [0, 0.05) is 0 Å². The molecule has 0 aromatic carbocycles. The topological polar surface area (TPSA) is 29.1 Å². The molecule has 0 bridgehead atoms. The molecule has 1 atom stereocenters. The zero-order chi connectivity index (χ0) is 12.6. The zero-order valence-corrected chi connectivity index (χ0v) is 11.7. The van der Waals surface area contributed by atoms with Gasteiger partial charge in [0.2, 0.25) is 0 Å². The summed E-state index contributed by atoms with van der Waals surface area (Å²) < 4.78 is 0. The van der Waals surface area contributed by atoms with Crippen LogP contribution in [0.3, 0.4) is 0 Å². The van der Waals surface area contributed by atoms with Gasteiger partial charge in [-0.1, -0.05) is 46.0 Å². The third kappa shape index (κ3) is 6.26. The molecular weight excluding hydrogens is 198 g/mol. The van der Waals surface area contributed by atoms with Crippen LogP contribution in [0, 0.1) is 5.92 Å². The molecule has 96 valence electrons. The van der Waals surface area contributed by atoms with Gasteiger partial charge in [0.15, 0.2) is 0 Å². The van der Waals surface area contributed by atoms with Gasteiger partial charge < -0.3 is 5.32 Å². The van der Waals surface area contributed by atoms with Gasteiger partial charge >= 0.3 is 0 Å². The van der Waals surface area contributed by atoms with Gasteiger partial charge in [0.05, 0.1) is 5.54 Å². The third-order valence-corrected chi connectivity index (χ3v) is 3.54. The number of hydrogen-bond acceptors (Lipinski definition) is 2. The summed E-state index contributed by atoms with van der Waals surface area (Å²) >= 11 is 0. The minimum atomic E-state index is -0.307. The van der Waals surface area contributed by atoms with Crippen molar-refractivity contribution >= 4 is 5.78 Å². The number of likely N-dealkylation sites (N-methyl/N-ethyl adjacent to an activating group) is 1. The molecular formula is C14H29NO. The molecule has 0 aromatic rings. The third-order valence-electron chi connectivity index (χ3n) is 3.54. The second-order valence-electron chi connectivity index (χ2n) is 5.49. The maximum absolute atomic E-state index is 11.4. The molecule has 0 aliphatic carbocycles. The van der Waals surface area contributed by atoms with Crippen LogP contribution < -0.4 is 5.32 Å². The van der Waals surface area contributed by atoms with Crippen LogP contribution in [0.4, 0.5) is 0 Å². The van der Waals surface area contributed by atoms with E-state index < -0.39 is 0 Å². The Bertz CT molecular complexity index is 201. The van der Waals surface area contributed by atoms with Gasteiger partial charge in [-0.05, 0) is 33.2 Å². The van der Waals surface area contributed by atoms with Crippen LogP contribution in [-0.2, 0) is 4.79 Å². The molecule has 0 saturated heterocycles. The van der Waals surface area contributed by atoms with Crippen LogP contribution in [-0.4, -0.2) is 18.4 Å². The summed E-state index contributed by atoms with van der Waals surface area (Å²) in [6.45, 7) is 8.22. The summed E-state index contributed by atoms with van der Waals surface area (Å²) in [5.74, 6) is 1.07. The number of rotatable bonds is 9. The lowest BCUT2D eigenvalue weighted by Gasteiger charge is -2.26. The Morgan fingerprint density at radius 2 is 1.75 bits per heavy atom. The molecule has 1 N–H and O–H groups in total. The zero-order valence-electron chi connectivity index (χ0n) is 11.7. The first-order valence-corrected chi connectivity index (χ1v) is 6.62. The van der Waals surface area contributed by atoms with E-state index in [-0.39, 0.29) is 11.3 Å². The van der Waals surface area contributed by atoms with Crippen LogP contribution in [0.15, 0.2) is 0 Å². The van der Waals surface area contributed by atoms with Crippen molar-refractivity contribution in [2.24, 2.45) is 5.92 Å². The Morgan fingerprint density at radius 1 is 1.19 bits per heavy atom. The smallest absolute Gasteiger partial charge is 0.149 e. The maximum atomic E-state index is 11.4. The molecule has 2 heteroatoms. The lowest BCUT2D eigenvalue weighted by Crippen LogP contribution is -2.46. The number of carbonyl (C=O) groups excluding carboxylic acids is 1. The molecule has 2 nitrogen and oxygen atoms in total. The first-order chi connectivity index (χ1) is 7.42. The lowest BCUT2D eigenvalue weighted by atomic mass is 9.90. The van der Waals surface area contributed by atoms with Crippen molar-refractivity contribution in [3.05, 3.63) is 0 Å². The van der Waals surface area contributed by atoms with Gasteiger partial charge in [-0.25, -0.2) is 0 Å². The van der Waals surface area contributed by atoms with E-state index in [0.29, 0.717) is 0 Å². The quantitative estimate of drug-likeness (QED) is 0.610. The summed E-state index contributed by atoms with van der Waals surface area (Å²) in [5.41, 5.74) is -0.307. The normalized spacial score (nSPS) is 15.1. The average Bonchev–Trinajstić information content (AvgIpc) is 2.22. The molecule has 0 rings (SSSR count). The number of nitrogens with one attached hydrogen (secondary N) is 1. The molecule has 0 amide bonds. The highest BCUT2D eigenvalue weighted by atomic mass is 16.1. The predicted molar refractivity (Wildman–Crippen MR) is 70.7 cm³/mol. The highest BCUT2D eigenvalue weighted by Crippen LogP contribution is 2.17. The molecule has 0 aliphatic rings. The number of Topliss-reactive ketones (excluding diaryl/α,β-unsaturated/α-hetero) is 1. The second-order valence-corrected chi connectivity index (χ2v) is 5.49. The monoisotopic (exact) mass is 227 g/mol. The van der Waals surface area contributed by atoms with Crippen molar-refractivity contribution in [3.8, 4) is 0 Å². The van der Waals surface area contributed by atoms with Gasteiger partial charge in [-0.15, -0.1) is 0 Å². The lowest BCUT2D eigenvalue weighted by molar-refractivity contribution is -0.122. The first kappa shape index (κ1) is 15.6. The summed E-state index contributed by atoms with van der Waals surface area (Å²) in [6, 6.07) is 0. The Kier molecular flexibility index (Phi) is 7.65. The van der Waals surface area contributed by atoms with Crippen LogP contribution in [0.25, 0.3) is 0 Å². The van der Waals surface area contributed by atoms with Crippen molar-refractivity contribution in [1.82, 2.24) is 5.32 Å². The van der Waals surface area contributed by atoms with Gasteiger partial charge in [-0.2, -0.15) is 0 Å². The molecule has 1 unspecified atom stereocenters. The minimum absolute atomic E-state index is 0.247. The Morgan fingerprint density at radius 3 is 2.19 bits per heavy atom. The molecule has 16 heavy (non-hydrogen) atoms. The average molecular weight is 227 g/mol. The molecule has 0 fully saturated rings. The van der Waals surface area contributed by atoms with Gasteiger partial charge in [0.25, 0.3) is 0 Å². The Hall–Kier alpha value is -0.370. The largest absolute Gasteiger partial charge is 0.308 e. The van der Waals surface area contributed by atoms with E-state index in [0.717, 1.165) is 18.8 Å². The first-order valence-electron chi connectivity index (χ1n) is 6.62. The highest BCUT2D eigenvalue weighted by Gasteiger charge is 2.26. The molecule has 0 heterocycles. The van der Waals surface area contributed by atoms with Gasteiger partial charge in [-0.3, -0.25) is 4.79 Å². The molecule has 0 spiro atoms. The van der Waals surface area contributed by atoms with Crippen LogP contribution in [0.2, 0.25) is 0 Å². The van der Waals surface area contributed by atoms with Crippen LogP contribution >= 0.6 is 0 Å². The molecule has 0 aliphatic heterocycles. The predicted octanol–water partition coefficient (Wildman–Crippen LogP) is 3.55. The van der Waals surface area contributed by atoms with Crippen molar-refractivity contribution < 1.29 is 4.79 Å². The molecule has 0 aromatic heterocycles. The van der Waals surface area contributed by atoms with Crippen LogP contribution in [0.5, 0.6) is 0 Å².